The zero-order valence-electron chi connectivity index (χ0n) is 20.1. The SMILES string of the molecule is CC1(NCC2=CC[C@@H](C3CNc4ncnc(N)c43)S2)N=CC=CC1C(=O)NC[C@H]1CC=C(F)[C@@H](F)C1. The Balaban J connectivity index is 1.16. The predicted molar refractivity (Wildman–Crippen MR) is 139 cm³/mol. The van der Waals surface area contributed by atoms with E-state index >= 15 is 0 Å². The number of hydrogen-bond donors (Lipinski definition) is 4. The topological polar surface area (TPSA) is 117 Å². The molecule has 5 rings (SSSR count). The highest BCUT2D eigenvalue weighted by molar-refractivity contribution is 8.04. The van der Waals surface area contributed by atoms with Gasteiger partial charge in [-0.3, -0.25) is 15.1 Å². The third-order valence-electron chi connectivity index (χ3n) is 7.40. The Labute approximate surface area is 213 Å². The zero-order chi connectivity index (χ0) is 25.3. The molecule has 36 heavy (non-hydrogen) atoms. The van der Waals surface area contributed by atoms with Gasteiger partial charge in [0, 0.05) is 42.6 Å². The predicted octanol–water partition coefficient (Wildman–Crippen LogP) is 3.24. The lowest BCUT2D eigenvalue weighted by molar-refractivity contribution is -0.125. The van der Waals surface area contributed by atoms with Crippen LogP contribution in [0.15, 0.2) is 46.4 Å². The molecular weight excluding hydrogens is 484 g/mol. The van der Waals surface area contributed by atoms with Crippen molar-refractivity contribution in [3.63, 3.8) is 0 Å². The van der Waals surface area contributed by atoms with Crippen LogP contribution in [0.2, 0.25) is 0 Å². The first-order valence-electron chi connectivity index (χ1n) is 12.3. The van der Waals surface area contributed by atoms with E-state index < -0.39 is 23.6 Å². The fourth-order valence-electron chi connectivity index (χ4n) is 5.26. The van der Waals surface area contributed by atoms with Crippen LogP contribution in [0, 0.1) is 11.8 Å². The number of carbonyl (C=O) groups excluding carboxylic acids is 1. The number of carbonyl (C=O) groups is 1. The third-order valence-corrected chi connectivity index (χ3v) is 8.83. The van der Waals surface area contributed by atoms with Crippen LogP contribution in [-0.4, -0.2) is 58.8 Å². The second kappa shape index (κ2) is 10.3. The molecule has 8 nitrogen and oxygen atoms in total. The number of alkyl halides is 1. The number of nitrogens with one attached hydrogen (secondary N) is 3. The van der Waals surface area contributed by atoms with Gasteiger partial charge in [-0.25, -0.2) is 18.7 Å². The molecule has 1 aromatic rings. The van der Waals surface area contributed by atoms with Gasteiger partial charge in [-0.05, 0) is 49.2 Å². The van der Waals surface area contributed by atoms with E-state index in [1.165, 1.54) is 17.3 Å². The normalized spacial score (nSPS) is 33.0. The van der Waals surface area contributed by atoms with Gasteiger partial charge in [-0.2, -0.15) is 0 Å². The number of aromatic nitrogens is 2. The molecule has 3 aliphatic heterocycles. The summed E-state index contributed by atoms with van der Waals surface area (Å²) in [6.45, 7) is 3.57. The van der Waals surface area contributed by atoms with E-state index in [0.717, 1.165) is 24.3 Å². The number of hydrogen-bond acceptors (Lipinski definition) is 8. The number of halogens is 2. The van der Waals surface area contributed by atoms with Crippen LogP contribution >= 0.6 is 11.8 Å². The summed E-state index contributed by atoms with van der Waals surface area (Å²) in [6, 6.07) is 0. The number of thioether (sulfide) groups is 1. The van der Waals surface area contributed by atoms with Crippen LogP contribution in [0.4, 0.5) is 20.4 Å². The molecule has 192 valence electrons. The van der Waals surface area contributed by atoms with Gasteiger partial charge in [0.25, 0.3) is 0 Å². The molecule has 0 fully saturated rings. The van der Waals surface area contributed by atoms with Crippen molar-refractivity contribution in [2.24, 2.45) is 16.8 Å². The maximum absolute atomic E-state index is 13.7. The van der Waals surface area contributed by atoms with E-state index in [0.29, 0.717) is 30.6 Å². The summed E-state index contributed by atoms with van der Waals surface area (Å²) in [5.41, 5.74) is 6.32. The molecule has 6 atom stereocenters. The molecule has 3 unspecified atom stereocenters. The van der Waals surface area contributed by atoms with Crippen LogP contribution in [0.1, 0.15) is 37.7 Å². The summed E-state index contributed by atoms with van der Waals surface area (Å²) in [5.74, 6) is 0.0559. The van der Waals surface area contributed by atoms with Gasteiger partial charge < -0.3 is 16.4 Å². The Morgan fingerprint density at radius 3 is 3.03 bits per heavy atom. The molecular formula is C25H31F2N7OS. The molecule has 1 aromatic heterocycles. The Hall–Kier alpha value is -2.79. The molecule has 5 N–H and O–H groups in total. The summed E-state index contributed by atoms with van der Waals surface area (Å²) in [4.78, 5) is 27.3. The average Bonchev–Trinajstić information content (AvgIpc) is 3.51. The highest BCUT2D eigenvalue weighted by Crippen LogP contribution is 2.46. The Morgan fingerprint density at radius 2 is 2.19 bits per heavy atom. The van der Waals surface area contributed by atoms with E-state index in [1.807, 2.05) is 24.8 Å². The fraction of sp³-hybridized carbons (Fsp3) is 0.520. The van der Waals surface area contributed by atoms with Gasteiger partial charge >= 0.3 is 0 Å². The van der Waals surface area contributed by atoms with Crippen molar-refractivity contribution in [3.05, 3.63) is 46.9 Å². The number of fused-ring (bicyclic) bond motifs is 1. The summed E-state index contributed by atoms with van der Waals surface area (Å²) >= 11 is 1.81. The number of amides is 1. The van der Waals surface area contributed by atoms with Crippen molar-refractivity contribution >= 4 is 35.5 Å². The highest BCUT2D eigenvalue weighted by atomic mass is 32.2. The lowest BCUT2D eigenvalue weighted by Crippen LogP contribution is -2.54. The molecule has 0 aromatic carbocycles. The molecule has 4 aliphatic rings. The number of nitrogens with two attached hydrogens (primary N) is 1. The second-order valence-electron chi connectivity index (χ2n) is 9.85. The minimum atomic E-state index is -1.58. The number of anilines is 2. The second-order valence-corrected chi connectivity index (χ2v) is 11.2. The number of aliphatic imine (C=N–C) groups is 1. The molecule has 1 aliphatic carbocycles. The van der Waals surface area contributed by atoms with Crippen molar-refractivity contribution in [3.8, 4) is 0 Å². The number of nitrogens with zero attached hydrogens (tertiary/aromatic N) is 3. The van der Waals surface area contributed by atoms with Crippen LogP contribution in [0.5, 0.6) is 0 Å². The molecule has 0 saturated heterocycles. The van der Waals surface area contributed by atoms with Crippen molar-refractivity contribution < 1.29 is 13.6 Å². The first-order chi connectivity index (χ1) is 17.3. The van der Waals surface area contributed by atoms with E-state index in [-0.39, 0.29) is 24.2 Å². The fourth-order valence-corrected chi connectivity index (χ4v) is 6.59. The molecule has 0 bridgehead atoms. The van der Waals surface area contributed by atoms with Crippen molar-refractivity contribution in [1.29, 1.82) is 0 Å². The van der Waals surface area contributed by atoms with Gasteiger partial charge in [0.15, 0.2) is 6.17 Å². The quantitative estimate of drug-likeness (QED) is 0.440. The molecule has 0 spiro atoms. The lowest BCUT2D eigenvalue weighted by Gasteiger charge is -2.35. The minimum Gasteiger partial charge on any atom is -0.383 e. The molecule has 11 heteroatoms. The molecule has 4 heterocycles. The Kier molecular flexibility index (Phi) is 7.11. The van der Waals surface area contributed by atoms with Crippen molar-refractivity contribution in [2.45, 2.75) is 49.2 Å². The van der Waals surface area contributed by atoms with Gasteiger partial charge in [-0.1, -0.05) is 12.2 Å². The van der Waals surface area contributed by atoms with Crippen LogP contribution < -0.4 is 21.7 Å². The molecule has 0 radical (unpaired) electrons. The third kappa shape index (κ3) is 5.04. The first-order valence-corrected chi connectivity index (χ1v) is 13.2. The van der Waals surface area contributed by atoms with E-state index in [1.54, 1.807) is 12.3 Å². The summed E-state index contributed by atoms with van der Waals surface area (Å²) in [6.07, 6.45) is 10.1. The molecule has 1 amide bonds. The monoisotopic (exact) mass is 515 g/mol. The van der Waals surface area contributed by atoms with Crippen LogP contribution in [0.25, 0.3) is 0 Å². The van der Waals surface area contributed by atoms with E-state index in [2.05, 4.69) is 37.0 Å². The maximum atomic E-state index is 13.7. The van der Waals surface area contributed by atoms with Crippen LogP contribution in [-0.2, 0) is 4.79 Å². The summed E-state index contributed by atoms with van der Waals surface area (Å²) < 4.78 is 27.0. The smallest absolute Gasteiger partial charge is 0.230 e. The Morgan fingerprint density at radius 1 is 1.33 bits per heavy atom. The standard InChI is InChI=1S/C25H31F2N7OS/c1-25(17(3-2-8-33-25)24(35)30-10-14-4-6-18(26)19(27)9-14)34-11-15-5-7-20(36-15)16-12-29-23-21(16)22(28)31-13-32-23/h2-3,5-6,8,13-14,16-17,19-20,34H,4,7,9-12H2,1H3,(H,30,35)(H3,28,29,31,32)/t14-,16?,17?,19-,20-,25?/m0/s1. The minimum absolute atomic E-state index is 0.0854. The number of dihydropyridines is 1. The van der Waals surface area contributed by atoms with Gasteiger partial charge in [0.1, 0.15) is 29.5 Å². The van der Waals surface area contributed by atoms with Crippen LogP contribution in [0.3, 0.4) is 0 Å². The number of rotatable bonds is 7. The first kappa shape index (κ1) is 24.9. The number of allylic oxidation sites excluding steroid dienone is 4. The highest BCUT2D eigenvalue weighted by Gasteiger charge is 2.40. The van der Waals surface area contributed by atoms with E-state index in [4.69, 9.17) is 5.73 Å². The number of nitrogen functional groups attached to an aromatic ring is 1. The largest absolute Gasteiger partial charge is 0.383 e. The van der Waals surface area contributed by atoms with Gasteiger partial charge in [-0.15, -0.1) is 11.8 Å². The Bertz CT molecular complexity index is 1140. The van der Waals surface area contributed by atoms with Crippen molar-refractivity contribution in [2.75, 3.05) is 30.7 Å². The van der Waals surface area contributed by atoms with Gasteiger partial charge in [0.05, 0.1) is 5.92 Å². The zero-order valence-corrected chi connectivity index (χ0v) is 20.9. The van der Waals surface area contributed by atoms with Crippen molar-refractivity contribution in [1.82, 2.24) is 20.6 Å². The van der Waals surface area contributed by atoms with E-state index in [9.17, 15) is 13.6 Å². The molecule has 0 saturated carbocycles. The average molecular weight is 516 g/mol. The van der Waals surface area contributed by atoms with Gasteiger partial charge in [0.2, 0.25) is 5.91 Å². The maximum Gasteiger partial charge on any atom is 0.230 e. The lowest BCUT2D eigenvalue weighted by atomic mass is 9.89. The summed E-state index contributed by atoms with van der Waals surface area (Å²) in [5, 5.41) is 10.1. The summed E-state index contributed by atoms with van der Waals surface area (Å²) in [7, 11) is 0.